The van der Waals surface area contributed by atoms with Crippen molar-refractivity contribution >= 4 is 17.5 Å². The second-order valence-electron chi connectivity index (χ2n) is 6.56. The lowest BCUT2D eigenvalue weighted by atomic mass is 10.2. The zero-order chi connectivity index (χ0) is 18.4. The Kier molecular flexibility index (Phi) is 6.75. The van der Waals surface area contributed by atoms with E-state index in [9.17, 15) is 14.0 Å². The van der Waals surface area contributed by atoms with E-state index in [-0.39, 0.29) is 24.2 Å². The zero-order valence-electron chi connectivity index (χ0n) is 15.2. The van der Waals surface area contributed by atoms with Crippen LogP contribution in [0.4, 0.5) is 10.1 Å². The third-order valence-electron chi connectivity index (χ3n) is 4.41. The van der Waals surface area contributed by atoms with Gasteiger partial charge < -0.3 is 19.6 Å². The van der Waals surface area contributed by atoms with Crippen LogP contribution in [-0.4, -0.2) is 86.4 Å². The second-order valence-corrected chi connectivity index (χ2v) is 6.56. The van der Waals surface area contributed by atoms with Gasteiger partial charge in [0.2, 0.25) is 11.8 Å². The molecule has 0 unspecified atom stereocenters. The topological polar surface area (TPSA) is 47.1 Å². The number of piperazine rings is 1. The van der Waals surface area contributed by atoms with E-state index in [1.54, 1.807) is 21.9 Å². The van der Waals surface area contributed by atoms with Crippen LogP contribution in [0.2, 0.25) is 0 Å². The molecule has 7 heteroatoms. The number of anilines is 1. The molecule has 138 valence electrons. The van der Waals surface area contributed by atoms with E-state index >= 15 is 0 Å². The number of carbonyl (C=O) groups is 2. The summed E-state index contributed by atoms with van der Waals surface area (Å²) in [7, 11) is 3.87. The van der Waals surface area contributed by atoms with Crippen LogP contribution in [-0.2, 0) is 9.59 Å². The van der Waals surface area contributed by atoms with Crippen LogP contribution in [0.5, 0.6) is 0 Å². The van der Waals surface area contributed by atoms with Gasteiger partial charge in [0.15, 0.2) is 0 Å². The summed E-state index contributed by atoms with van der Waals surface area (Å²) in [4.78, 5) is 31.5. The number of carbonyl (C=O) groups excluding carboxylic acids is 2. The van der Waals surface area contributed by atoms with Gasteiger partial charge in [0.1, 0.15) is 5.82 Å². The van der Waals surface area contributed by atoms with Crippen molar-refractivity contribution in [1.82, 2.24) is 14.7 Å². The number of halogens is 1. The first-order valence-corrected chi connectivity index (χ1v) is 8.56. The molecular formula is C18H27FN4O2. The number of rotatable bonds is 6. The van der Waals surface area contributed by atoms with Gasteiger partial charge in [-0.15, -0.1) is 0 Å². The Morgan fingerprint density at radius 1 is 1.08 bits per heavy atom. The quantitative estimate of drug-likeness (QED) is 0.764. The van der Waals surface area contributed by atoms with Crippen molar-refractivity contribution in [3.05, 3.63) is 30.1 Å². The summed E-state index contributed by atoms with van der Waals surface area (Å²) in [6, 6.07) is 6.68. The van der Waals surface area contributed by atoms with E-state index in [0.717, 1.165) is 0 Å². The largest absolute Gasteiger partial charge is 0.366 e. The maximum absolute atomic E-state index is 13.9. The molecule has 1 aromatic rings. The fourth-order valence-corrected chi connectivity index (χ4v) is 2.84. The molecule has 1 heterocycles. The van der Waals surface area contributed by atoms with Crippen molar-refractivity contribution in [2.75, 3.05) is 64.8 Å². The molecular weight excluding hydrogens is 323 g/mol. The lowest BCUT2D eigenvalue weighted by molar-refractivity contribution is -0.139. The van der Waals surface area contributed by atoms with Gasteiger partial charge in [-0.2, -0.15) is 0 Å². The Balaban J connectivity index is 1.88. The SMILES string of the molecule is CC(=O)N(CCN(C)C)CC(=O)N1CCN(c2ccccc2F)CC1. The monoisotopic (exact) mass is 350 g/mol. The minimum absolute atomic E-state index is 0.0536. The summed E-state index contributed by atoms with van der Waals surface area (Å²) in [6.07, 6.45) is 0. The number of likely N-dealkylation sites (N-methyl/N-ethyl adjacent to an activating group) is 1. The maximum atomic E-state index is 13.9. The Morgan fingerprint density at radius 2 is 1.72 bits per heavy atom. The lowest BCUT2D eigenvalue weighted by Gasteiger charge is -2.37. The summed E-state index contributed by atoms with van der Waals surface area (Å²) in [6.45, 7) is 5.08. The van der Waals surface area contributed by atoms with Crippen molar-refractivity contribution in [2.24, 2.45) is 0 Å². The smallest absolute Gasteiger partial charge is 0.242 e. The van der Waals surface area contributed by atoms with Crippen molar-refractivity contribution < 1.29 is 14.0 Å². The van der Waals surface area contributed by atoms with Crippen molar-refractivity contribution in [2.45, 2.75) is 6.92 Å². The van der Waals surface area contributed by atoms with Crippen molar-refractivity contribution in [3.63, 3.8) is 0 Å². The summed E-state index contributed by atoms with van der Waals surface area (Å²) in [5.41, 5.74) is 0.575. The Bertz CT molecular complexity index is 600. The van der Waals surface area contributed by atoms with E-state index in [1.807, 2.05) is 30.0 Å². The second kappa shape index (κ2) is 8.80. The van der Waals surface area contributed by atoms with Crippen LogP contribution in [0, 0.1) is 5.82 Å². The van der Waals surface area contributed by atoms with Gasteiger partial charge in [-0.3, -0.25) is 9.59 Å². The normalized spacial score (nSPS) is 14.8. The lowest BCUT2D eigenvalue weighted by Crippen LogP contribution is -2.52. The van der Waals surface area contributed by atoms with Gasteiger partial charge >= 0.3 is 0 Å². The van der Waals surface area contributed by atoms with Crippen LogP contribution in [0.25, 0.3) is 0 Å². The molecule has 0 aromatic heterocycles. The summed E-state index contributed by atoms with van der Waals surface area (Å²) in [5.74, 6) is -0.393. The van der Waals surface area contributed by atoms with Gasteiger partial charge in [0, 0.05) is 46.2 Å². The van der Waals surface area contributed by atoms with E-state index in [4.69, 9.17) is 0 Å². The molecule has 0 atom stereocenters. The molecule has 0 bridgehead atoms. The van der Waals surface area contributed by atoms with Gasteiger partial charge in [-0.1, -0.05) is 12.1 Å². The highest BCUT2D eigenvalue weighted by Gasteiger charge is 2.24. The highest BCUT2D eigenvalue weighted by atomic mass is 19.1. The van der Waals surface area contributed by atoms with Gasteiger partial charge in [0.05, 0.1) is 12.2 Å². The summed E-state index contributed by atoms with van der Waals surface area (Å²) in [5, 5.41) is 0. The number of benzene rings is 1. The molecule has 0 aliphatic carbocycles. The molecule has 1 aromatic carbocycles. The molecule has 0 N–H and O–H groups in total. The standard InChI is InChI=1S/C18H27FN4O2/c1-15(24)23(9-8-20(2)3)14-18(25)22-12-10-21(11-13-22)17-7-5-4-6-16(17)19/h4-7H,8-14H2,1-3H3. The number of para-hydroxylation sites is 1. The number of nitrogens with zero attached hydrogens (tertiary/aromatic N) is 4. The molecule has 0 saturated carbocycles. The molecule has 1 saturated heterocycles. The third kappa shape index (κ3) is 5.42. The van der Waals surface area contributed by atoms with Crippen LogP contribution < -0.4 is 4.90 Å². The summed E-state index contributed by atoms with van der Waals surface area (Å²) >= 11 is 0. The van der Waals surface area contributed by atoms with Crippen LogP contribution >= 0.6 is 0 Å². The minimum atomic E-state index is -0.242. The minimum Gasteiger partial charge on any atom is -0.366 e. The molecule has 1 aliphatic heterocycles. The van der Waals surface area contributed by atoms with E-state index in [0.29, 0.717) is 45.0 Å². The molecule has 25 heavy (non-hydrogen) atoms. The molecule has 2 amide bonds. The predicted octanol–water partition coefficient (Wildman–Crippen LogP) is 0.884. The van der Waals surface area contributed by atoms with Crippen LogP contribution in [0.1, 0.15) is 6.92 Å². The average molecular weight is 350 g/mol. The first-order chi connectivity index (χ1) is 11.9. The fraction of sp³-hybridized carbons (Fsp3) is 0.556. The Morgan fingerprint density at radius 3 is 2.28 bits per heavy atom. The number of hydrogen-bond acceptors (Lipinski definition) is 4. The molecule has 1 fully saturated rings. The van der Waals surface area contributed by atoms with Gasteiger partial charge in [-0.25, -0.2) is 4.39 Å². The van der Waals surface area contributed by atoms with Crippen molar-refractivity contribution in [3.8, 4) is 0 Å². The number of hydrogen-bond donors (Lipinski definition) is 0. The van der Waals surface area contributed by atoms with Gasteiger partial charge in [0.25, 0.3) is 0 Å². The Hall–Kier alpha value is -2.15. The maximum Gasteiger partial charge on any atom is 0.242 e. The van der Waals surface area contributed by atoms with Crippen molar-refractivity contribution in [1.29, 1.82) is 0 Å². The van der Waals surface area contributed by atoms with E-state index in [1.165, 1.54) is 13.0 Å². The molecule has 0 spiro atoms. The average Bonchev–Trinajstić information content (AvgIpc) is 2.58. The Labute approximate surface area is 148 Å². The first kappa shape index (κ1) is 19.2. The van der Waals surface area contributed by atoms with E-state index < -0.39 is 0 Å². The fourth-order valence-electron chi connectivity index (χ4n) is 2.84. The van der Waals surface area contributed by atoms with Gasteiger partial charge in [-0.05, 0) is 26.2 Å². The highest BCUT2D eigenvalue weighted by molar-refractivity contribution is 5.84. The first-order valence-electron chi connectivity index (χ1n) is 8.56. The predicted molar refractivity (Wildman–Crippen MR) is 96.0 cm³/mol. The van der Waals surface area contributed by atoms with Crippen LogP contribution in [0.15, 0.2) is 24.3 Å². The van der Waals surface area contributed by atoms with E-state index in [2.05, 4.69) is 0 Å². The molecule has 1 aliphatic rings. The highest BCUT2D eigenvalue weighted by Crippen LogP contribution is 2.20. The third-order valence-corrected chi connectivity index (χ3v) is 4.41. The summed E-state index contributed by atoms with van der Waals surface area (Å²) < 4.78 is 13.9. The van der Waals surface area contributed by atoms with Crippen LogP contribution in [0.3, 0.4) is 0 Å². The number of amides is 2. The molecule has 0 radical (unpaired) electrons. The molecule has 6 nitrogen and oxygen atoms in total. The molecule has 2 rings (SSSR count). The zero-order valence-corrected chi connectivity index (χ0v) is 15.2.